The Kier molecular flexibility index (Phi) is 2.32. The molecule has 0 aromatic heterocycles. The molecule has 1 aromatic carbocycles. The van der Waals surface area contributed by atoms with E-state index in [0.717, 1.165) is 24.2 Å². The third-order valence-corrected chi connectivity index (χ3v) is 4.32. The molecule has 1 aromatic rings. The molecule has 1 aliphatic heterocycles. The normalized spacial score (nSPS) is 21.4. The van der Waals surface area contributed by atoms with Gasteiger partial charge in [-0.15, -0.1) is 0 Å². The van der Waals surface area contributed by atoms with Crippen LogP contribution in [0.1, 0.15) is 30.9 Å². The molecule has 2 aliphatic rings. The fraction of sp³-hybridized carbons (Fsp3) is 0.538. The summed E-state index contributed by atoms with van der Waals surface area (Å²) in [7, 11) is 0. The first-order valence-electron chi connectivity index (χ1n) is 5.91. The maximum Gasteiger partial charge on any atom is 0.231 e. The first-order valence-corrected chi connectivity index (χ1v) is 6.29. The molecule has 0 radical (unpaired) electrons. The molecule has 4 heteroatoms. The van der Waals surface area contributed by atoms with Gasteiger partial charge >= 0.3 is 0 Å². The third kappa shape index (κ3) is 1.45. The van der Waals surface area contributed by atoms with Crippen molar-refractivity contribution in [2.75, 3.05) is 6.79 Å². The largest absolute Gasteiger partial charge is 0.453 e. The highest BCUT2D eigenvalue weighted by Gasteiger charge is 2.49. The predicted molar refractivity (Wildman–Crippen MR) is 66.9 cm³/mol. The summed E-state index contributed by atoms with van der Waals surface area (Å²) in [5, 5.41) is 0.630. The van der Waals surface area contributed by atoms with Crippen LogP contribution in [0, 0.1) is 6.92 Å². The minimum atomic E-state index is 0.0920. The Morgan fingerprint density at radius 2 is 2.00 bits per heavy atom. The van der Waals surface area contributed by atoms with Crippen molar-refractivity contribution in [3.63, 3.8) is 0 Å². The van der Waals surface area contributed by atoms with Gasteiger partial charge in [0.2, 0.25) is 6.79 Å². The SMILES string of the molecule is Cc1c(C2(C(C)N)CC2)cc(Cl)c2c1OCO2. The van der Waals surface area contributed by atoms with E-state index in [1.165, 1.54) is 5.56 Å². The Bertz CT molecular complexity index is 481. The molecule has 3 rings (SSSR count). The van der Waals surface area contributed by atoms with Gasteiger partial charge in [-0.1, -0.05) is 11.6 Å². The standard InChI is InChI=1S/C13H16ClNO2/c1-7-9(13(3-4-13)8(2)15)5-10(14)12-11(7)16-6-17-12/h5,8H,3-4,6,15H2,1-2H3. The van der Waals surface area contributed by atoms with Crippen LogP contribution in [0.25, 0.3) is 0 Å². The average molecular weight is 254 g/mol. The smallest absolute Gasteiger partial charge is 0.231 e. The van der Waals surface area contributed by atoms with Crippen LogP contribution in [0.15, 0.2) is 6.07 Å². The Balaban J connectivity index is 2.16. The van der Waals surface area contributed by atoms with Crippen LogP contribution in [0.4, 0.5) is 0 Å². The van der Waals surface area contributed by atoms with Crippen molar-refractivity contribution in [3.05, 3.63) is 22.2 Å². The maximum absolute atomic E-state index is 6.24. The van der Waals surface area contributed by atoms with Gasteiger partial charge in [0.25, 0.3) is 0 Å². The zero-order valence-corrected chi connectivity index (χ0v) is 10.8. The third-order valence-electron chi connectivity index (χ3n) is 4.04. The van der Waals surface area contributed by atoms with Crippen molar-refractivity contribution in [1.29, 1.82) is 0 Å². The topological polar surface area (TPSA) is 44.5 Å². The van der Waals surface area contributed by atoms with E-state index in [2.05, 4.69) is 13.8 Å². The van der Waals surface area contributed by atoms with Crippen molar-refractivity contribution in [3.8, 4) is 11.5 Å². The highest BCUT2D eigenvalue weighted by atomic mass is 35.5. The van der Waals surface area contributed by atoms with Crippen molar-refractivity contribution in [2.45, 2.75) is 38.1 Å². The Hall–Kier alpha value is -0.930. The molecular weight excluding hydrogens is 238 g/mol. The van der Waals surface area contributed by atoms with E-state index in [-0.39, 0.29) is 18.2 Å². The lowest BCUT2D eigenvalue weighted by Gasteiger charge is -2.23. The van der Waals surface area contributed by atoms with Crippen LogP contribution in [0.5, 0.6) is 11.5 Å². The zero-order valence-electron chi connectivity index (χ0n) is 10.0. The van der Waals surface area contributed by atoms with Gasteiger partial charge in [0, 0.05) is 11.5 Å². The molecule has 92 valence electrons. The molecule has 0 saturated heterocycles. The van der Waals surface area contributed by atoms with Crippen LogP contribution < -0.4 is 15.2 Å². The molecule has 1 heterocycles. The molecular formula is C13H16ClNO2. The number of hydrogen-bond donors (Lipinski definition) is 1. The van der Waals surface area contributed by atoms with Crippen molar-refractivity contribution in [2.24, 2.45) is 5.73 Å². The van der Waals surface area contributed by atoms with Crippen LogP contribution in [0.2, 0.25) is 5.02 Å². The lowest BCUT2D eigenvalue weighted by molar-refractivity contribution is 0.173. The molecule has 0 spiro atoms. The Morgan fingerprint density at radius 3 is 2.59 bits per heavy atom. The number of halogens is 1. The molecule has 2 N–H and O–H groups in total. The summed E-state index contributed by atoms with van der Waals surface area (Å²) in [5.41, 5.74) is 8.55. The van der Waals surface area contributed by atoms with Gasteiger partial charge in [0.15, 0.2) is 11.5 Å². The lowest BCUT2D eigenvalue weighted by Crippen LogP contribution is -2.32. The summed E-state index contributed by atoms with van der Waals surface area (Å²) in [5.74, 6) is 1.47. The molecule has 17 heavy (non-hydrogen) atoms. The maximum atomic E-state index is 6.24. The van der Waals surface area contributed by atoms with Gasteiger partial charge in [-0.05, 0) is 43.9 Å². The second-order valence-electron chi connectivity index (χ2n) is 5.04. The predicted octanol–water partition coefficient (Wildman–Crippen LogP) is 2.76. The van der Waals surface area contributed by atoms with E-state index in [9.17, 15) is 0 Å². The second-order valence-corrected chi connectivity index (χ2v) is 5.45. The van der Waals surface area contributed by atoms with Crippen LogP contribution in [-0.4, -0.2) is 12.8 Å². The van der Waals surface area contributed by atoms with E-state index < -0.39 is 0 Å². The van der Waals surface area contributed by atoms with Gasteiger partial charge in [0.05, 0.1) is 5.02 Å². The quantitative estimate of drug-likeness (QED) is 0.882. The minimum absolute atomic E-state index is 0.0920. The lowest BCUT2D eigenvalue weighted by atomic mass is 9.86. The number of nitrogens with two attached hydrogens (primary N) is 1. The highest BCUT2D eigenvalue weighted by molar-refractivity contribution is 6.32. The molecule has 0 bridgehead atoms. The van der Waals surface area contributed by atoms with Gasteiger partial charge < -0.3 is 15.2 Å². The Labute approximate surface area is 106 Å². The molecule has 1 atom stereocenters. The molecule has 0 amide bonds. The van der Waals surface area contributed by atoms with E-state index >= 15 is 0 Å². The summed E-state index contributed by atoms with van der Waals surface area (Å²) >= 11 is 6.24. The van der Waals surface area contributed by atoms with E-state index in [0.29, 0.717) is 10.8 Å². The summed E-state index contributed by atoms with van der Waals surface area (Å²) in [6.07, 6.45) is 2.25. The minimum Gasteiger partial charge on any atom is -0.453 e. The Morgan fingerprint density at radius 1 is 1.35 bits per heavy atom. The van der Waals surface area contributed by atoms with Gasteiger partial charge in [-0.2, -0.15) is 0 Å². The number of fused-ring (bicyclic) bond motifs is 1. The summed E-state index contributed by atoms with van der Waals surface area (Å²) in [4.78, 5) is 0. The van der Waals surface area contributed by atoms with Crippen LogP contribution in [0.3, 0.4) is 0 Å². The van der Waals surface area contributed by atoms with E-state index in [1.54, 1.807) is 0 Å². The second kappa shape index (κ2) is 3.53. The fourth-order valence-electron chi connectivity index (χ4n) is 2.78. The number of ether oxygens (including phenoxy) is 2. The van der Waals surface area contributed by atoms with Crippen molar-refractivity contribution < 1.29 is 9.47 Å². The van der Waals surface area contributed by atoms with Crippen LogP contribution in [-0.2, 0) is 5.41 Å². The van der Waals surface area contributed by atoms with Gasteiger partial charge in [0.1, 0.15) is 0 Å². The first kappa shape index (κ1) is 11.2. The van der Waals surface area contributed by atoms with Crippen molar-refractivity contribution >= 4 is 11.6 Å². The highest BCUT2D eigenvalue weighted by Crippen LogP contribution is 2.55. The van der Waals surface area contributed by atoms with Crippen molar-refractivity contribution in [1.82, 2.24) is 0 Å². The summed E-state index contributed by atoms with van der Waals surface area (Å²) in [6, 6.07) is 2.14. The first-order chi connectivity index (χ1) is 8.06. The molecule has 1 aliphatic carbocycles. The number of benzene rings is 1. The zero-order chi connectivity index (χ0) is 12.2. The fourth-order valence-corrected chi connectivity index (χ4v) is 3.03. The van der Waals surface area contributed by atoms with Gasteiger partial charge in [-0.25, -0.2) is 0 Å². The number of rotatable bonds is 2. The molecule has 1 saturated carbocycles. The molecule has 1 fully saturated rings. The average Bonchev–Trinajstić information content (AvgIpc) is 2.93. The monoisotopic (exact) mass is 253 g/mol. The van der Waals surface area contributed by atoms with E-state index in [4.69, 9.17) is 26.8 Å². The molecule has 1 unspecified atom stereocenters. The number of hydrogen-bond acceptors (Lipinski definition) is 3. The van der Waals surface area contributed by atoms with Crippen LogP contribution >= 0.6 is 11.6 Å². The van der Waals surface area contributed by atoms with E-state index in [1.807, 2.05) is 6.07 Å². The molecule has 3 nitrogen and oxygen atoms in total. The summed E-state index contributed by atoms with van der Waals surface area (Å²) < 4.78 is 10.9. The van der Waals surface area contributed by atoms with Gasteiger partial charge in [-0.3, -0.25) is 0 Å². The summed E-state index contributed by atoms with van der Waals surface area (Å²) in [6.45, 7) is 4.37.